The van der Waals surface area contributed by atoms with E-state index < -0.39 is 0 Å². The van der Waals surface area contributed by atoms with Crippen LogP contribution in [0.4, 0.5) is 0 Å². The van der Waals surface area contributed by atoms with E-state index in [9.17, 15) is 0 Å². The van der Waals surface area contributed by atoms with Crippen LogP contribution in [0, 0.1) is 5.92 Å². The Labute approximate surface area is 118 Å². The highest BCUT2D eigenvalue weighted by molar-refractivity contribution is 6.35. The molecule has 1 aromatic rings. The number of nitrogens with one attached hydrogen (secondary N) is 1. The van der Waals surface area contributed by atoms with Gasteiger partial charge in [-0.3, -0.25) is 11.3 Å². The fourth-order valence-electron chi connectivity index (χ4n) is 2.43. The monoisotopic (exact) mass is 288 g/mol. The molecule has 1 aliphatic rings. The Hall–Kier alpha value is -0.320. The first kappa shape index (κ1) is 14.1. The van der Waals surface area contributed by atoms with Crippen molar-refractivity contribution in [2.75, 3.05) is 6.61 Å². The maximum Gasteiger partial charge on any atom is 0.0771 e. The lowest BCUT2D eigenvalue weighted by atomic mass is 9.93. The van der Waals surface area contributed by atoms with Gasteiger partial charge in [0, 0.05) is 16.7 Å². The van der Waals surface area contributed by atoms with E-state index in [1.54, 1.807) is 6.07 Å². The first-order chi connectivity index (χ1) is 8.61. The molecule has 0 saturated carbocycles. The third-order valence-electron chi connectivity index (χ3n) is 3.51. The van der Waals surface area contributed by atoms with Crippen LogP contribution < -0.4 is 11.3 Å². The molecule has 2 rings (SSSR count). The molecule has 1 aliphatic heterocycles. The smallest absolute Gasteiger partial charge is 0.0771 e. The first-order valence-electron chi connectivity index (χ1n) is 6.13. The normalized spacial score (nSPS) is 25.3. The highest BCUT2D eigenvalue weighted by atomic mass is 35.5. The molecule has 0 aromatic heterocycles. The van der Waals surface area contributed by atoms with Gasteiger partial charge in [-0.25, -0.2) is 0 Å². The number of hydrogen-bond acceptors (Lipinski definition) is 3. The van der Waals surface area contributed by atoms with Gasteiger partial charge in [0.05, 0.1) is 12.1 Å². The molecule has 0 bridgehead atoms. The van der Waals surface area contributed by atoms with E-state index in [1.165, 1.54) is 0 Å². The lowest BCUT2D eigenvalue weighted by Gasteiger charge is -2.25. The summed E-state index contributed by atoms with van der Waals surface area (Å²) in [7, 11) is 0. The van der Waals surface area contributed by atoms with Crippen LogP contribution in [0.2, 0.25) is 10.0 Å². The minimum atomic E-state index is 0.0705. The Balaban J connectivity index is 2.10. The topological polar surface area (TPSA) is 47.3 Å². The number of halogens is 2. The Kier molecular flexibility index (Phi) is 4.87. The average Bonchev–Trinajstić information content (AvgIpc) is 2.75. The van der Waals surface area contributed by atoms with Crippen molar-refractivity contribution in [3.8, 4) is 0 Å². The zero-order chi connectivity index (χ0) is 13.1. The van der Waals surface area contributed by atoms with E-state index in [-0.39, 0.29) is 12.1 Å². The molecule has 3 N–H and O–H groups in total. The number of nitrogens with two attached hydrogens (primary N) is 1. The largest absolute Gasteiger partial charge is 0.376 e. The lowest BCUT2D eigenvalue weighted by Crippen LogP contribution is -2.47. The zero-order valence-electron chi connectivity index (χ0n) is 10.3. The van der Waals surface area contributed by atoms with Crippen LogP contribution in [-0.2, 0) is 11.2 Å². The molecule has 3 atom stereocenters. The number of ether oxygens (including phenoxy) is 1. The first-order valence-corrected chi connectivity index (χ1v) is 6.89. The molecule has 3 unspecified atom stereocenters. The number of hydrogen-bond donors (Lipinski definition) is 2. The summed E-state index contributed by atoms with van der Waals surface area (Å²) in [5, 5.41) is 1.32. The SMILES string of the molecule is CC1CCOC1C(Cc1ccc(Cl)cc1Cl)NN. The van der Waals surface area contributed by atoms with Gasteiger partial charge in [-0.15, -0.1) is 0 Å². The molecule has 18 heavy (non-hydrogen) atoms. The van der Waals surface area contributed by atoms with E-state index in [4.69, 9.17) is 33.8 Å². The maximum atomic E-state index is 6.18. The third kappa shape index (κ3) is 3.16. The summed E-state index contributed by atoms with van der Waals surface area (Å²) >= 11 is 12.1. The van der Waals surface area contributed by atoms with E-state index in [0.717, 1.165) is 25.0 Å². The summed E-state index contributed by atoms with van der Waals surface area (Å²) in [6, 6.07) is 5.61. The van der Waals surface area contributed by atoms with Crippen LogP contribution in [0.25, 0.3) is 0 Å². The van der Waals surface area contributed by atoms with Crippen molar-refractivity contribution < 1.29 is 4.74 Å². The second-order valence-corrected chi connectivity index (χ2v) is 5.66. The van der Waals surface area contributed by atoms with Gasteiger partial charge in [0.15, 0.2) is 0 Å². The van der Waals surface area contributed by atoms with Crippen LogP contribution in [0.5, 0.6) is 0 Å². The van der Waals surface area contributed by atoms with Crippen LogP contribution >= 0.6 is 23.2 Å². The molecular weight excluding hydrogens is 271 g/mol. The van der Waals surface area contributed by atoms with Crippen LogP contribution in [-0.4, -0.2) is 18.8 Å². The maximum absolute atomic E-state index is 6.18. The second kappa shape index (κ2) is 6.22. The fourth-order valence-corrected chi connectivity index (χ4v) is 2.91. The predicted molar refractivity (Wildman–Crippen MR) is 74.8 cm³/mol. The predicted octanol–water partition coefficient (Wildman–Crippen LogP) is 2.79. The minimum Gasteiger partial charge on any atom is -0.376 e. The van der Waals surface area contributed by atoms with Gasteiger partial charge in [-0.1, -0.05) is 36.2 Å². The molecule has 0 amide bonds. The van der Waals surface area contributed by atoms with Crippen molar-refractivity contribution in [2.24, 2.45) is 11.8 Å². The summed E-state index contributed by atoms with van der Waals surface area (Å²) in [5.41, 5.74) is 3.88. The van der Waals surface area contributed by atoms with E-state index in [0.29, 0.717) is 16.0 Å². The molecule has 0 aliphatic carbocycles. The molecule has 3 nitrogen and oxygen atoms in total. The Bertz CT molecular complexity index is 414. The fraction of sp³-hybridized carbons (Fsp3) is 0.538. The minimum absolute atomic E-state index is 0.0705. The Morgan fingerprint density at radius 1 is 1.50 bits per heavy atom. The number of hydrazine groups is 1. The van der Waals surface area contributed by atoms with Crippen molar-refractivity contribution in [2.45, 2.75) is 31.9 Å². The summed E-state index contributed by atoms with van der Waals surface area (Å²) in [4.78, 5) is 0. The summed E-state index contributed by atoms with van der Waals surface area (Å²) in [6.07, 6.45) is 1.96. The van der Waals surface area contributed by atoms with Gasteiger partial charge in [-0.2, -0.15) is 0 Å². The van der Waals surface area contributed by atoms with Gasteiger partial charge >= 0.3 is 0 Å². The highest BCUT2D eigenvalue weighted by Gasteiger charge is 2.31. The van der Waals surface area contributed by atoms with Crippen molar-refractivity contribution in [1.29, 1.82) is 0 Å². The number of rotatable bonds is 4. The number of benzene rings is 1. The molecule has 1 fully saturated rings. The summed E-state index contributed by atoms with van der Waals surface area (Å²) < 4.78 is 5.74. The Morgan fingerprint density at radius 2 is 2.28 bits per heavy atom. The van der Waals surface area contributed by atoms with Gasteiger partial charge < -0.3 is 4.74 Å². The van der Waals surface area contributed by atoms with Gasteiger partial charge in [0.2, 0.25) is 0 Å². The quantitative estimate of drug-likeness (QED) is 0.662. The van der Waals surface area contributed by atoms with E-state index in [1.807, 2.05) is 12.1 Å². The molecule has 100 valence electrons. The summed E-state index contributed by atoms with van der Waals surface area (Å²) in [6.45, 7) is 2.99. The summed E-state index contributed by atoms with van der Waals surface area (Å²) in [5.74, 6) is 6.15. The molecule has 1 saturated heterocycles. The zero-order valence-corrected chi connectivity index (χ0v) is 11.8. The molecule has 5 heteroatoms. The lowest BCUT2D eigenvalue weighted by molar-refractivity contribution is 0.0610. The van der Waals surface area contributed by atoms with Gasteiger partial charge in [0.1, 0.15) is 0 Å². The van der Waals surface area contributed by atoms with Crippen molar-refractivity contribution in [3.63, 3.8) is 0 Å². The Morgan fingerprint density at radius 3 is 2.83 bits per heavy atom. The molecule has 0 spiro atoms. The molecule has 1 aromatic carbocycles. The van der Waals surface area contributed by atoms with Gasteiger partial charge in [-0.05, 0) is 36.5 Å². The second-order valence-electron chi connectivity index (χ2n) is 4.81. The van der Waals surface area contributed by atoms with Crippen LogP contribution in [0.3, 0.4) is 0 Å². The van der Waals surface area contributed by atoms with Gasteiger partial charge in [0.25, 0.3) is 0 Å². The molecular formula is C13H18Cl2N2O. The molecule has 0 radical (unpaired) electrons. The average molecular weight is 289 g/mol. The standard InChI is InChI=1S/C13H18Cl2N2O/c1-8-4-5-18-13(8)12(17-16)6-9-2-3-10(14)7-11(9)15/h2-3,7-8,12-13,17H,4-6,16H2,1H3. The van der Waals surface area contributed by atoms with Crippen LogP contribution in [0.1, 0.15) is 18.9 Å². The van der Waals surface area contributed by atoms with E-state index >= 15 is 0 Å². The van der Waals surface area contributed by atoms with Crippen molar-refractivity contribution >= 4 is 23.2 Å². The molecule has 1 heterocycles. The highest BCUT2D eigenvalue weighted by Crippen LogP contribution is 2.27. The van der Waals surface area contributed by atoms with Crippen LogP contribution in [0.15, 0.2) is 18.2 Å². The van der Waals surface area contributed by atoms with Crippen molar-refractivity contribution in [1.82, 2.24) is 5.43 Å². The van der Waals surface area contributed by atoms with E-state index in [2.05, 4.69) is 12.3 Å². The van der Waals surface area contributed by atoms with Crippen molar-refractivity contribution in [3.05, 3.63) is 33.8 Å². The third-order valence-corrected chi connectivity index (χ3v) is 4.10.